The highest BCUT2D eigenvalue weighted by atomic mass is 32.1. The quantitative estimate of drug-likeness (QED) is 0.847. The van der Waals surface area contributed by atoms with E-state index < -0.39 is 0 Å². The zero-order valence-electron chi connectivity index (χ0n) is 11.2. The highest BCUT2D eigenvalue weighted by Gasteiger charge is 2.13. The minimum Gasteiger partial charge on any atom is -0.312 e. The van der Waals surface area contributed by atoms with Crippen LogP contribution in [-0.2, 0) is 13.0 Å². The molecule has 1 aromatic heterocycles. The van der Waals surface area contributed by atoms with Crippen molar-refractivity contribution in [2.24, 2.45) is 5.92 Å². The second-order valence-corrected chi connectivity index (χ2v) is 6.16. The molecule has 0 bridgehead atoms. The minimum absolute atomic E-state index is 0.144. The van der Waals surface area contributed by atoms with E-state index in [4.69, 9.17) is 0 Å². The SMILES string of the molecule is CCNCc1sc2cc(F)ccc2c1CC(C)C. The first-order valence-corrected chi connectivity index (χ1v) is 7.34. The number of thiophene rings is 1. The zero-order chi connectivity index (χ0) is 13.1. The molecular weight excluding hydrogens is 245 g/mol. The topological polar surface area (TPSA) is 12.0 Å². The Morgan fingerprint density at radius 1 is 1.33 bits per heavy atom. The van der Waals surface area contributed by atoms with Crippen molar-refractivity contribution in [2.75, 3.05) is 6.54 Å². The fraction of sp³-hybridized carbons (Fsp3) is 0.467. The van der Waals surface area contributed by atoms with Crippen LogP contribution in [0, 0.1) is 11.7 Å². The summed E-state index contributed by atoms with van der Waals surface area (Å²) in [6.07, 6.45) is 1.06. The molecule has 0 spiro atoms. The van der Waals surface area contributed by atoms with E-state index in [1.807, 2.05) is 6.07 Å². The second kappa shape index (κ2) is 5.81. The maximum Gasteiger partial charge on any atom is 0.124 e. The molecule has 0 fully saturated rings. The Labute approximate surface area is 112 Å². The molecule has 1 nitrogen and oxygen atoms in total. The Morgan fingerprint density at radius 3 is 2.78 bits per heavy atom. The molecule has 2 rings (SSSR count). The van der Waals surface area contributed by atoms with Crippen molar-refractivity contribution in [3.8, 4) is 0 Å². The first-order chi connectivity index (χ1) is 8.61. The van der Waals surface area contributed by atoms with Gasteiger partial charge in [0.05, 0.1) is 0 Å². The van der Waals surface area contributed by atoms with Crippen molar-refractivity contribution in [1.82, 2.24) is 5.32 Å². The van der Waals surface area contributed by atoms with Gasteiger partial charge in [0.15, 0.2) is 0 Å². The molecule has 18 heavy (non-hydrogen) atoms. The molecule has 0 atom stereocenters. The number of fused-ring (bicyclic) bond motifs is 1. The molecular formula is C15H20FNS. The number of rotatable bonds is 5. The summed E-state index contributed by atoms with van der Waals surface area (Å²) in [4.78, 5) is 1.35. The Hall–Kier alpha value is -0.930. The fourth-order valence-corrected chi connectivity index (χ4v) is 3.42. The van der Waals surface area contributed by atoms with Gasteiger partial charge in [-0.05, 0) is 42.0 Å². The fourth-order valence-electron chi connectivity index (χ4n) is 2.19. The largest absolute Gasteiger partial charge is 0.312 e. The predicted octanol–water partition coefficient (Wildman–Crippen LogP) is 4.35. The van der Waals surface area contributed by atoms with Crippen LogP contribution in [0.3, 0.4) is 0 Å². The van der Waals surface area contributed by atoms with Crippen LogP contribution in [0.4, 0.5) is 4.39 Å². The molecule has 0 unspecified atom stereocenters. The number of benzene rings is 1. The van der Waals surface area contributed by atoms with Crippen molar-refractivity contribution in [3.05, 3.63) is 34.5 Å². The lowest BCUT2D eigenvalue weighted by Crippen LogP contribution is -2.12. The van der Waals surface area contributed by atoms with E-state index in [1.165, 1.54) is 15.8 Å². The molecule has 2 aromatic rings. The Kier molecular flexibility index (Phi) is 4.36. The third-order valence-corrected chi connectivity index (χ3v) is 4.18. The third kappa shape index (κ3) is 2.90. The van der Waals surface area contributed by atoms with Gasteiger partial charge >= 0.3 is 0 Å². The normalized spacial score (nSPS) is 11.6. The van der Waals surface area contributed by atoms with Gasteiger partial charge in [0.1, 0.15) is 5.82 Å². The van der Waals surface area contributed by atoms with E-state index in [9.17, 15) is 4.39 Å². The lowest BCUT2D eigenvalue weighted by Gasteiger charge is -2.08. The summed E-state index contributed by atoms with van der Waals surface area (Å²) in [5, 5.41) is 4.60. The second-order valence-electron chi connectivity index (χ2n) is 5.02. The summed E-state index contributed by atoms with van der Waals surface area (Å²) in [6, 6.07) is 5.14. The predicted molar refractivity (Wildman–Crippen MR) is 77.7 cm³/mol. The maximum atomic E-state index is 13.3. The summed E-state index contributed by atoms with van der Waals surface area (Å²) >= 11 is 1.72. The summed E-state index contributed by atoms with van der Waals surface area (Å²) in [5.41, 5.74) is 1.39. The lowest BCUT2D eigenvalue weighted by atomic mass is 10.00. The van der Waals surface area contributed by atoms with Crippen molar-refractivity contribution in [2.45, 2.75) is 33.7 Å². The molecule has 0 aliphatic carbocycles. The molecule has 3 heteroatoms. The molecule has 0 saturated carbocycles. The standard InChI is InChI=1S/C15H20FNS/c1-4-17-9-15-13(7-10(2)3)12-6-5-11(16)8-14(12)18-15/h5-6,8,10,17H,4,7,9H2,1-3H3. The molecule has 0 aliphatic rings. The van der Waals surface area contributed by atoms with Crippen molar-refractivity contribution >= 4 is 21.4 Å². The molecule has 98 valence electrons. The van der Waals surface area contributed by atoms with E-state index in [-0.39, 0.29) is 5.82 Å². The minimum atomic E-state index is -0.144. The van der Waals surface area contributed by atoms with E-state index in [1.54, 1.807) is 23.5 Å². The number of hydrogen-bond donors (Lipinski definition) is 1. The summed E-state index contributed by atoms with van der Waals surface area (Å²) in [5.74, 6) is 0.475. The molecule has 1 aromatic carbocycles. The van der Waals surface area contributed by atoms with Crippen LogP contribution < -0.4 is 5.32 Å². The van der Waals surface area contributed by atoms with Crippen LogP contribution in [0.2, 0.25) is 0 Å². The van der Waals surface area contributed by atoms with Crippen LogP contribution >= 0.6 is 11.3 Å². The molecule has 0 saturated heterocycles. The number of hydrogen-bond acceptors (Lipinski definition) is 2. The zero-order valence-corrected chi connectivity index (χ0v) is 12.0. The van der Waals surface area contributed by atoms with Gasteiger partial charge in [0.25, 0.3) is 0 Å². The summed E-state index contributed by atoms with van der Waals surface area (Å²) < 4.78 is 14.4. The number of nitrogens with one attached hydrogen (secondary N) is 1. The van der Waals surface area contributed by atoms with Gasteiger partial charge in [-0.15, -0.1) is 11.3 Å². The van der Waals surface area contributed by atoms with Gasteiger partial charge in [-0.25, -0.2) is 4.39 Å². The maximum absolute atomic E-state index is 13.3. The molecule has 0 aliphatic heterocycles. The smallest absolute Gasteiger partial charge is 0.124 e. The average Bonchev–Trinajstić information content (AvgIpc) is 2.63. The molecule has 1 N–H and O–H groups in total. The van der Waals surface area contributed by atoms with Crippen LogP contribution in [0.15, 0.2) is 18.2 Å². The van der Waals surface area contributed by atoms with Gasteiger partial charge in [0, 0.05) is 16.1 Å². The first kappa shape index (κ1) is 13.5. The summed E-state index contributed by atoms with van der Waals surface area (Å²) in [6.45, 7) is 8.41. The van der Waals surface area contributed by atoms with E-state index in [0.29, 0.717) is 5.92 Å². The van der Waals surface area contributed by atoms with Gasteiger partial charge in [-0.1, -0.05) is 26.8 Å². The van der Waals surface area contributed by atoms with Gasteiger partial charge in [-0.2, -0.15) is 0 Å². The third-order valence-electron chi connectivity index (χ3n) is 2.99. The highest BCUT2D eigenvalue weighted by molar-refractivity contribution is 7.19. The van der Waals surface area contributed by atoms with E-state index in [2.05, 4.69) is 26.1 Å². The van der Waals surface area contributed by atoms with Crippen LogP contribution in [-0.4, -0.2) is 6.54 Å². The van der Waals surface area contributed by atoms with Crippen LogP contribution in [0.5, 0.6) is 0 Å². The van der Waals surface area contributed by atoms with Crippen LogP contribution in [0.25, 0.3) is 10.1 Å². The highest BCUT2D eigenvalue weighted by Crippen LogP contribution is 2.33. The van der Waals surface area contributed by atoms with E-state index in [0.717, 1.165) is 24.2 Å². The lowest BCUT2D eigenvalue weighted by molar-refractivity contribution is 0.629. The Morgan fingerprint density at radius 2 is 2.11 bits per heavy atom. The summed E-state index contributed by atoms with van der Waals surface area (Å²) in [7, 11) is 0. The van der Waals surface area contributed by atoms with Crippen molar-refractivity contribution < 1.29 is 4.39 Å². The Bertz CT molecular complexity index is 531. The van der Waals surface area contributed by atoms with Gasteiger partial charge in [-0.3, -0.25) is 0 Å². The molecule has 0 radical (unpaired) electrons. The van der Waals surface area contributed by atoms with Gasteiger partial charge in [0.2, 0.25) is 0 Å². The average molecular weight is 265 g/mol. The monoisotopic (exact) mass is 265 g/mol. The van der Waals surface area contributed by atoms with Crippen molar-refractivity contribution in [1.29, 1.82) is 0 Å². The molecule has 0 amide bonds. The first-order valence-electron chi connectivity index (χ1n) is 6.52. The number of halogens is 1. The van der Waals surface area contributed by atoms with Crippen LogP contribution in [0.1, 0.15) is 31.2 Å². The molecule has 1 heterocycles. The van der Waals surface area contributed by atoms with Gasteiger partial charge < -0.3 is 5.32 Å². The van der Waals surface area contributed by atoms with Crippen molar-refractivity contribution in [3.63, 3.8) is 0 Å². The Balaban J connectivity index is 2.45. The van der Waals surface area contributed by atoms with E-state index >= 15 is 0 Å².